The summed E-state index contributed by atoms with van der Waals surface area (Å²) in [5.74, 6) is -0.376. The predicted octanol–water partition coefficient (Wildman–Crippen LogP) is 3.21. The van der Waals surface area contributed by atoms with Crippen molar-refractivity contribution in [3.8, 4) is 11.5 Å². The SMILES string of the molecule is CC/C(=C\Cc1c(O)c2c(c(C)c1OC)COC2=O)CP(=O)(O)N=O. The highest BCUT2D eigenvalue weighted by atomic mass is 31.2. The number of phenolic OH excluding ortho intramolecular Hbond substituents is 1. The van der Waals surface area contributed by atoms with Gasteiger partial charge in [-0.3, -0.25) is 4.57 Å². The first-order valence-electron chi connectivity index (χ1n) is 7.68. The molecule has 9 heteroatoms. The largest absolute Gasteiger partial charge is 0.507 e. The Morgan fingerprint density at radius 1 is 1.48 bits per heavy atom. The van der Waals surface area contributed by atoms with Crippen LogP contribution in [-0.4, -0.2) is 29.2 Å². The monoisotopic (exact) mass is 369 g/mol. The van der Waals surface area contributed by atoms with Crippen LogP contribution in [0.4, 0.5) is 0 Å². The highest BCUT2D eigenvalue weighted by molar-refractivity contribution is 7.56. The van der Waals surface area contributed by atoms with Gasteiger partial charge in [0.2, 0.25) is 0 Å². The third-order valence-corrected chi connectivity index (χ3v) is 5.31. The first kappa shape index (κ1) is 19.1. The molecule has 1 aliphatic rings. The first-order valence-corrected chi connectivity index (χ1v) is 9.48. The number of carbonyl (C=O) groups is 1. The molecule has 25 heavy (non-hydrogen) atoms. The number of methoxy groups -OCH3 is 1. The number of hydrogen-bond acceptors (Lipinski definition) is 6. The Labute approximate surface area is 144 Å². The van der Waals surface area contributed by atoms with Gasteiger partial charge in [-0.25, -0.2) is 4.79 Å². The van der Waals surface area contributed by atoms with Gasteiger partial charge >= 0.3 is 13.5 Å². The topological polar surface area (TPSA) is 122 Å². The van der Waals surface area contributed by atoms with E-state index in [1.54, 1.807) is 19.9 Å². The minimum absolute atomic E-state index is 0.0823. The van der Waals surface area contributed by atoms with E-state index in [4.69, 9.17) is 9.47 Å². The lowest BCUT2D eigenvalue weighted by atomic mass is 9.95. The van der Waals surface area contributed by atoms with Gasteiger partial charge in [-0.15, -0.1) is 4.91 Å². The molecule has 0 saturated carbocycles. The predicted molar refractivity (Wildman–Crippen MR) is 91.1 cm³/mol. The van der Waals surface area contributed by atoms with Gasteiger partial charge in [0, 0.05) is 16.1 Å². The van der Waals surface area contributed by atoms with Crippen molar-refractivity contribution in [1.82, 2.24) is 0 Å². The summed E-state index contributed by atoms with van der Waals surface area (Å²) in [6.45, 7) is 3.63. The number of carbonyl (C=O) groups excluding carboxylic acids is 1. The van der Waals surface area contributed by atoms with E-state index >= 15 is 0 Å². The number of hydrogen-bond donors (Lipinski definition) is 2. The molecule has 2 rings (SSSR count). The molecule has 0 aromatic heterocycles. The lowest BCUT2D eigenvalue weighted by Gasteiger charge is -2.16. The van der Waals surface area contributed by atoms with E-state index in [2.05, 4.69) is 4.95 Å². The fraction of sp³-hybridized carbons (Fsp3) is 0.438. The summed E-state index contributed by atoms with van der Waals surface area (Å²) in [5.41, 5.74) is 2.35. The van der Waals surface area contributed by atoms with Crippen LogP contribution in [0, 0.1) is 11.8 Å². The Hall–Kier alpha value is -2.18. The molecule has 1 aromatic carbocycles. The first-order chi connectivity index (χ1) is 11.8. The molecule has 0 bridgehead atoms. The third-order valence-electron chi connectivity index (χ3n) is 4.23. The molecule has 136 valence electrons. The Morgan fingerprint density at radius 3 is 2.72 bits per heavy atom. The van der Waals surface area contributed by atoms with Gasteiger partial charge in [-0.1, -0.05) is 18.6 Å². The molecule has 0 spiro atoms. The fourth-order valence-corrected chi connectivity index (χ4v) is 3.83. The zero-order valence-electron chi connectivity index (χ0n) is 14.2. The Balaban J connectivity index is 2.46. The molecule has 0 radical (unpaired) electrons. The van der Waals surface area contributed by atoms with E-state index in [1.165, 1.54) is 7.11 Å². The number of aromatic hydroxyl groups is 1. The van der Waals surface area contributed by atoms with Gasteiger partial charge in [0.05, 0.1) is 13.3 Å². The Kier molecular flexibility index (Phi) is 5.65. The molecule has 2 N–H and O–H groups in total. The summed E-state index contributed by atoms with van der Waals surface area (Å²) in [6.07, 6.45) is 1.90. The van der Waals surface area contributed by atoms with Crippen molar-refractivity contribution in [3.05, 3.63) is 38.8 Å². The standard InChI is InChI=1S/C16H20NO7P/c1-4-10(8-25(21,22)17-20)5-6-11-14(18)13-12(7-24-16(13)19)9(2)15(11)23-3/h5,18H,4,6-8H2,1-3H3,(H,21,22)/b10-5+. The summed E-state index contributed by atoms with van der Waals surface area (Å²) < 4.78 is 21.9. The highest BCUT2D eigenvalue weighted by Crippen LogP contribution is 2.45. The smallest absolute Gasteiger partial charge is 0.353 e. The third kappa shape index (κ3) is 3.75. The second kappa shape index (κ2) is 7.37. The number of fused-ring (bicyclic) bond motifs is 1. The second-order valence-corrected chi connectivity index (χ2v) is 7.55. The summed E-state index contributed by atoms with van der Waals surface area (Å²) in [4.78, 5) is 33.9. The average Bonchev–Trinajstić information content (AvgIpc) is 2.97. The molecule has 1 atom stereocenters. The van der Waals surface area contributed by atoms with E-state index in [0.717, 1.165) is 0 Å². The molecule has 1 aromatic rings. The van der Waals surface area contributed by atoms with E-state index < -0.39 is 13.5 Å². The van der Waals surface area contributed by atoms with Gasteiger partial charge < -0.3 is 19.5 Å². The van der Waals surface area contributed by atoms with Gasteiger partial charge in [-0.05, 0) is 25.3 Å². The lowest BCUT2D eigenvalue weighted by Crippen LogP contribution is -2.03. The number of nitrogens with zero attached hydrogens (tertiary/aromatic N) is 1. The van der Waals surface area contributed by atoms with Crippen LogP contribution in [0.5, 0.6) is 11.5 Å². The number of nitroso groups, excluding NO2 is 1. The van der Waals surface area contributed by atoms with E-state index in [0.29, 0.717) is 34.4 Å². The number of esters is 1. The number of cyclic esters (lactones) is 1. The van der Waals surface area contributed by atoms with Gasteiger partial charge in [0.25, 0.3) is 0 Å². The van der Waals surface area contributed by atoms with Gasteiger partial charge in [0.1, 0.15) is 23.7 Å². The summed E-state index contributed by atoms with van der Waals surface area (Å²) in [6, 6.07) is 0. The summed E-state index contributed by atoms with van der Waals surface area (Å²) in [7, 11) is -2.64. The molecule has 0 aliphatic carbocycles. The van der Waals surface area contributed by atoms with Crippen molar-refractivity contribution in [2.45, 2.75) is 33.3 Å². The number of rotatable bonds is 7. The second-order valence-electron chi connectivity index (χ2n) is 5.74. The average molecular weight is 369 g/mol. The van der Waals surface area contributed by atoms with Crippen molar-refractivity contribution in [2.24, 2.45) is 4.95 Å². The van der Waals surface area contributed by atoms with Gasteiger partial charge in [-0.2, -0.15) is 0 Å². The van der Waals surface area contributed by atoms with Crippen LogP contribution in [0.1, 0.15) is 40.4 Å². The van der Waals surface area contributed by atoms with Crippen LogP contribution in [0.25, 0.3) is 0 Å². The van der Waals surface area contributed by atoms with E-state index in [9.17, 15) is 24.3 Å². The Bertz CT molecular complexity index is 800. The number of phenols is 1. The van der Waals surface area contributed by atoms with Crippen LogP contribution in [-0.2, 0) is 22.3 Å². The molecule has 0 saturated heterocycles. The Morgan fingerprint density at radius 2 is 2.16 bits per heavy atom. The van der Waals surface area contributed by atoms with Crippen LogP contribution in [0.2, 0.25) is 0 Å². The molecule has 0 amide bonds. The molecule has 1 unspecified atom stereocenters. The van der Waals surface area contributed by atoms with Crippen LogP contribution < -0.4 is 4.74 Å². The zero-order valence-corrected chi connectivity index (χ0v) is 15.1. The van der Waals surface area contributed by atoms with Crippen LogP contribution in [0.3, 0.4) is 0 Å². The van der Waals surface area contributed by atoms with Crippen molar-refractivity contribution in [2.75, 3.05) is 13.3 Å². The maximum Gasteiger partial charge on any atom is 0.353 e. The van der Waals surface area contributed by atoms with Crippen molar-refractivity contribution in [1.29, 1.82) is 0 Å². The molecular weight excluding hydrogens is 349 g/mol. The van der Waals surface area contributed by atoms with E-state index in [1.807, 2.05) is 0 Å². The molecule has 1 heterocycles. The number of benzene rings is 1. The zero-order chi connectivity index (χ0) is 18.8. The van der Waals surface area contributed by atoms with Crippen LogP contribution in [0.15, 0.2) is 16.6 Å². The summed E-state index contributed by atoms with van der Waals surface area (Å²) in [5, 5.41) is 10.5. The van der Waals surface area contributed by atoms with Crippen molar-refractivity contribution < 1.29 is 28.8 Å². The molecule has 0 fully saturated rings. The molecule has 1 aliphatic heterocycles. The fourth-order valence-electron chi connectivity index (χ4n) is 2.89. The quantitative estimate of drug-likeness (QED) is 0.327. The maximum atomic E-state index is 11.9. The maximum absolute atomic E-state index is 11.9. The normalized spacial score (nSPS) is 16.2. The molecule has 8 nitrogen and oxygen atoms in total. The van der Waals surface area contributed by atoms with Gasteiger partial charge in [0.15, 0.2) is 0 Å². The van der Waals surface area contributed by atoms with Crippen LogP contribution >= 0.6 is 7.52 Å². The minimum Gasteiger partial charge on any atom is -0.507 e. The highest BCUT2D eigenvalue weighted by Gasteiger charge is 2.32. The minimum atomic E-state index is -4.10. The molecular formula is C16H20NO7P. The van der Waals surface area contributed by atoms with E-state index in [-0.39, 0.29) is 30.5 Å². The number of allylic oxidation sites excluding steroid dienone is 2. The van der Waals surface area contributed by atoms with Crippen molar-refractivity contribution >= 4 is 13.5 Å². The van der Waals surface area contributed by atoms with Crippen molar-refractivity contribution in [3.63, 3.8) is 0 Å². The summed E-state index contributed by atoms with van der Waals surface area (Å²) >= 11 is 0. The lowest BCUT2D eigenvalue weighted by molar-refractivity contribution is 0.0533. The number of ether oxygens (including phenoxy) is 2.